The highest BCUT2D eigenvalue weighted by Crippen LogP contribution is 1.87. The number of hydrogen-bond donors (Lipinski definition) is 2. The zero-order valence-corrected chi connectivity index (χ0v) is 4.42. The van der Waals surface area contributed by atoms with Crippen LogP contribution in [0, 0.1) is 0 Å². The van der Waals surface area contributed by atoms with Crippen LogP contribution in [-0.4, -0.2) is 11.9 Å². The molecule has 0 unspecified atom stereocenters. The molecule has 0 aliphatic carbocycles. The Balaban J connectivity index is 2.79. The van der Waals surface area contributed by atoms with Crippen LogP contribution in [0.3, 0.4) is 0 Å². The molecular weight excluding hydrogens is 122 g/mol. The number of carbonyl (C=O) groups is 2. The molecule has 1 aliphatic heterocycles. The molecule has 0 spiro atoms. The second-order valence-electron chi connectivity index (χ2n) is 1.48. The van der Waals surface area contributed by atoms with Crippen LogP contribution in [0.1, 0.15) is 0 Å². The Morgan fingerprint density at radius 2 is 2.22 bits per heavy atom. The Morgan fingerprint density at radius 1 is 1.56 bits per heavy atom. The van der Waals surface area contributed by atoms with E-state index in [9.17, 15) is 9.59 Å². The Kier molecular flexibility index (Phi) is 1.11. The topological polar surface area (TPSA) is 86.3 Å². The van der Waals surface area contributed by atoms with Crippen LogP contribution in [0.2, 0.25) is 0 Å². The van der Waals surface area contributed by atoms with Crippen LogP contribution in [0.5, 0.6) is 0 Å². The fourth-order valence-electron chi connectivity index (χ4n) is 0.453. The van der Waals surface area contributed by atoms with Crippen LogP contribution in [0.4, 0.5) is 4.79 Å². The molecular formula is C4H4N3O2. The molecule has 5 nitrogen and oxygen atoms in total. The Morgan fingerprint density at radius 3 is 2.67 bits per heavy atom. The van der Waals surface area contributed by atoms with E-state index in [1.165, 1.54) is 0 Å². The maximum Gasteiger partial charge on any atom is 0.349 e. The van der Waals surface area contributed by atoms with E-state index in [1.807, 2.05) is 5.32 Å². The maximum atomic E-state index is 10.3. The summed E-state index contributed by atoms with van der Waals surface area (Å²) in [5, 5.41) is 5.11. The lowest BCUT2D eigenvalue weighted by atomic mass is 10.4. The molecule has 3 amide bonds. The third-order valence-corrected chi connectivity index (χ3v) is 0.740. The molecule has 1 heterocycles. The van der Waals surface area contributed by atoms with Gasteiger partial charge in [-0.15, -0.1) is 0 Å². The highest BCUT2D eigenvalue weighted by atomic mass is 16.2. The van der Waals surface area contributed by atoms with Gasteiger partial charge in [0.05, 0.1) is 0 Å². The summed E-state index contributed by atoms with van der Waals surface area (Å²) < 4.78 is 0. The third kappa shape index (κ3) is 1.18. The summed E-state index contributed by atoms with van der Waals surface area (Å²) in [5.41, 5.74) is 5.03. The van der Waals surface area contributed by atoms with E-state index in [1.54, 1.807) is 0 Å². The van der Waals surface area contributed by atoms with Crippen molar-refractivity contribution in [3.63, 3.8) is 0 Å². The standard InChI is InChI=1S/C4H4N3O2/c5-2-1-3(8)7-4(9)6-2/h1H,5H2,(H,7,8,9). The lowest BCUT2D eigenvalue weighted by molar-refractivity contribution is -0.115. The van der Waals surface area contributed by atoms with E-state index >= 15 is 0 Å². The van der Waals surface area contributed by atoms with Gasteiger partial charge in [0.2, 0.25) is 0 Å². The molecule has 0 saturated carbocycles. The van der Waals surface area contributed by atoms with Crippen LogP contribution >= 0.6 is 0 Å². The van der Waals surface area contributed by atoms with Crippen molar-refractivity contribution in [2.75, 3.05) is 0 Å². The summed E-state index contributed by atoms with van der Waals surface area (Å²) in [7, 11) is 0. The van der Waals surface area contributed by atoms with E-state index in [4.69, 9.17) is 5.73 Å². The van der Waals surface area contributed by atoms with Crippen LogP contribution in [0.15, 0.2) is 11.9 Å². The first-order chi connectivity index (χ1) is 4.18. The summed E-state index contributed by atoms with van der Waals surface area (Å²) >= 11 is 0. The van der Waals surface area contributed by atoms with Crippen LogP contribution < -0.4 is 16.4 Å². The monoisotopic (exact) mass is 126 g/mol. The zero-order chi connectivity index (χ0) is 6.85. The average Bonchev–Trinajstić information content (AvgIpc) is 1.59. The van der Waals surface area contributed by atoms with Crippen molar-refractivity contribution in [1.29, 1.82) is 0 Å². The molecule has 0 atom stereocenters. The van der Waals surface area contributed by atoms with Gasteiger partial charge in [0.25, 0.3) is 5.91 Å². The van der Waals surface area contributed by atoms with Gasteiger partial charge in [-0.2, -0.15) is 5.32 Å². The van der Waals surface area contributed by atoms with Gasteiger partial charge in [-0.05, 0) is 0 Å². The first-order valence-corrected chi connectivity index (χ1v) is 2.22. The molecule has 1 rings (SSSR count). The van der Waals surface area contributed by atoms with Gasteiger partial charge >= 0.3 is 6.03 Å². The minimum atomic E-state index is -0.708. The second kappa shape index (κ2) is 1.77. The number of carbonyl (C=O) groups excluding carboxylic acids is 2. The fourth-order valence-corrected chi connectivity index (χ4v) is 0.453. The summed E-state index contributed by atoms with van der Waals surface area (Å²) in [6.45, 7) is 0. The van der Waals surface area contributed by atoms with E-state index in [0.717, 1.165) is 6.08 Å². The number of nitrogens with two attached hydrogens (primary N) is 1. The molecule has 0 fully saturated rings. The average molecular weight is 126 g/mol. The number of urea groups is 1. The minimum absolute atomic E-state index is 0.0521. The van der Waals surface area contributed by atoms with Crippen molar-refractivity contribution in [2.24, 2.45) is 5.73 Å². The number of nitrogens with one attached hydrogen (secondary N) is 1. The lowest BCUT2D eigenvalue weighted by Crippen LogP contribution is -2.40. The number of amides is 3. The minimum Gasteiger partial charge on any atom is -0.383 e. The quantitative estimate of drug-likeness (QED) is 0.420. The van der Waals surface area contributed by atoms with Crippen molar-refractivity contribution >= 4 is 11.9 Å². The first-order valence-electron chi connectivity index (χ1n) is 2.22. The fraction of sp³-hybridized carbons (Fsp3) is 0. The van der Waals surface area contributed by atoms with Crippen LogP contribution in [0.25, 0.3) is 0 Å². The number of rotatable bonds is 0. The van der Waals surface area contributed by atoms with Crippen molar-refractivity contribution in [3.8, 4) is 0 Å². The highest BCUT2D eigenvalue weighted by Gasteiger charge is 2.13. The zero-order valence-electron chi connectivity index (χ0n) is 4.42. The predicted octanol–water partition coefficient (Wildman–Crippen LogP) is -1.36. The maximum absolute atomic E-state index is 10.3. The van der Waals surface area contributed by atoms with Crippen LogP contribution in [-0.2, 0) is 4.79 Å². The molecule has 0 saturated heterocycles. The smallest absolute Gasteiger partial charge is 0.349 e. The molecule has 9 heavy (non-hydrogen) atoms. The molecule has 0 aromatic heterocycles. The lowest BCUT2D eigenvalue weighted by Gasteiger charge is -2.06. The van der Waals surface area contributed by atoms with Gasteiger partial charge in [0.1, 0.15) is 5.82 Å². The molecule has 1 radical (unpaired) electrons. The number of nitrogens with zero attached hydrogens (tertiary/aromatic N) is 1. The summed E-state index contributed by atoms with van der Waals surface area (Å²) in [6.07, 6.45) is 1.04. The molecule has 3 N–H and O–H groups in total. The highest BCUT2D eigenvalue weighted by molar-refractivity contribution is 6.03. The number of hydrogen-bond acceptors (Lipinski definition) is 3. The van der Waals surface area contributed by atoms with Crippen molar-refractivity contribution in [3.05, 3.63) is 11.9 Å². The van der Waals surface area contributed by atoms with E-state index in [0.29, 0.717) is 0 Å². The molecule has 47 valence electrons. The Bertz CT molecular complexity index is 196. The van der Waals surface area contributed by atoms with Gasteiger partial charge in [0.15, 0.2) is 0 Å². The van der Waals surface area contributed by atoms with Gasteiger partial charge in [-0.25, -0.2) is 4.79 Å². The van der Waals surface area contributed by atoms with E-state index in [2.05, 4.69) is 5.32 Å². The SMILES string of the molecule is NC1=CC(=O)NC(=O)[N]1. The normalized spacial score (nSPS) is 18.0. The summed E-state index contributed by atoms with van der Waals surface area (Å²) in [5.74, 6) is -0.573. The van der Waals surface area contributed by atoms with E-state index < -0.39 is 11.9 Å². The molecule has 0 aromatic carbocycles. The second-order valence-corrected chi connectivity index (χ2v) is 1.48. The van der Waals surface area contributed by atoms with Gasteiger partial charge in [0, 0.05) is 6.08 Å². The van der Waals surface area contributed by atoms with Crippen molar-refractivity contribution in [1.82, 2.24) is 10.6 Å². The number of imide groups is 1. The Labute approximate surface area is 50.9 Å². The molecule has 5 heteroatoms. The van der Waals surface area contributed by atoms with Gasteiger partial charge < -0.3 is 5.73 Å². The molecule has 0 aromatic rings. The largest absolute Gasteiger partial charge is 0.383 e. The van der Waals surface area contributed by atoms with E-state index in [-0.39, 0.29) is 5.82 Å². The summed E-state index contributed by atoms with van der Waals surface area (Å²) in [4.78, 5) is 20.6. The third-order valence-electron chi connectivity index (χ3n) is 0.740. The Hall–Kier alpha value is -1.52. The first kappa shape index (κ1) is 5.61. The van der Waals surface area contributed by atoms with Gasteiger partial charge in [-0.1, -0.05) is 0 Å². The predicted molar refractivity (Wildman–Crippen MR) is 27.9 cm³/mol. The molecule has 0 bridgehead atoms. The van der Waals surface area contributed by atoms with Crippen molar-refractivity contribution in [2.45, 2.75) is 0 Å². The molecule has 1 aliphatic rings. The van der Waals surface area contributed by atoms with Crippen molar-refractivity contribution < 1.29 is 9.59 Å². The summed E-state index contributed by atoms with van der Waals surface area (Å²) in [6, 6.07) is -0.708. The van der Waals surface area contributed by atoms with Gasteiger partial charge in [-0.3, -0.25) is 10.1 Å².